The van der Waals surface area contributed by atoms with E-state index in [0.29, 0.717) is 38.9 Å². The molecule has 0 saturated heterocycles. The van der Waals surface area contributed by atoms with Crippen LogP contribution in [0, 0.1) is 0 Å². The molecular weight excluding hydrogens is 476 g/mol. The summed E-state index contributed by atoms with van der Waals surface area (Å²) in [5.41, 5.74) is 1.82. The van der Waals surface area contributed by atoms with Crippen molar-refractivity contribution in [2.75, 3.05) is 10.2 Å². The van der Waals surface area contributed by atoms with Gasteiger partial charge in [-0.3, -0.25) is 9.69 Å². The van der Waals surface area contributed by atoms with Crippen molar-refractivity contribution >= 4 is 50.6 Å². The fourth-order valence-corrected chi connectivity index (χ4v) is 5.86. The predicted octanol–water partition coefficient (Wildman–Crippen LogP) is 5.81. The van der Waals surface area contributed by atoms with Gasteiger partial charge in [-0.25, -0.2) is 9.78 Å². The number of aromatic nitrogens is 1. The van der Waals surface area contributed by atoms with Gasteiger partial charge in [0.25, 0.3) is 5.91 Å². The molecule has 9 heteroatoms. The summed E-state index contributed by atoms with van der Waals surface area (Å²) in [5.74, 6) is 1.13. The molecule has 182 valence electrons. The molecule has 0 bridgehead atoms. The van der Waals surface area contributed by atoms with Gasteiger partial charge in [-0.05, 0) is 68.1 Å². The summed E-state index contributed by atoms with van der Waals surface area (Å²) in [5, 5.41) is 16.6. The number of pyridine rings is 1. The van der Waals surface area contributed by atoms with Crippen molar-refractivity contribution < 1.29 is 19.4 Å². The lowest BCUT2D eigenvalue weighted by molar-refractivity contribution is 0.0854. The lowest BCUT2D eigenvalue weighted by Crippen LogP contribution is -2.40. The van der Waals surface area contributed by atoms with Crippen LogP contribution in [0.5, 0.6) is 11.5 Å². The van der Waals surface area contributed by atoms with Gasteiger partial charge in [0.05, 0.1) is 28.6 Å². The van der Waals surface area contributed by atoms with Crippen LogP contribution in [0.3, 0.4) is 0 Å². The highest BCUT2D eigenvalue weighted by Gasteiger charge is 2.33. The number of aliphatic hydroxyl groups excluding tert-OH is 1. The normalized spacial score (nSPS) is 19.1. The molecule has 8 nitrogen and oxygen atoms in total. The second-order valence-electron chi connectivity index (χ2n) is 8.98. The molecule has 1 aliphatic carbocycles. The molecule has 0 spiro atoms. The van der Waals surface area contributed by atoms with Gasteiger partial charge < -0.3 is 20.5 Å². The molecule has 1 aliphatic heterocycles. The number of anilines is 3. The van der Waals surface area contributed by atoms with Gasteiger partial charge in [-0.2, -0.15) is 0 Å². The second-order valence-corrected chi connectivity index (χ2v) is 9.98. The van der Waals surface area contributed by atoms with Crippen molar-refractivity contribution in [3.05, 3.63) is 71.7 Å². The SMILES string of the molecule is O=C(N[C@H]1CCCC(O)C1)c1sc2nccc3c2c1NC(=O)N3c1ccc(Oc2ccccc2)cc1. The minimum absolute atomic E-state index is 0.0847. The van der Waals surface area contributed by atoms with E-state index in [1.165, 1.54) is 11.3 Å². The summed E-state index contributed by atoms with van der Waals surface area (Å²) >= 11 is 1.26. The molecule has 1 fully saturated rings. The highest BCUT2D eigenvalue weighted by molar-refractivity contribution is 7.21. The van der Waals surface area contributed by atoms with Crippen LogP contribution in [-0.2, 0) is 0 Å². The summed E-state index contributed by atoms with van der Waals surface area (Å²) in [6.07, 6.45) is 4.26. The number of thiophene rings is 1. The molecule has 3 N–H and O–H groups in total. The molecule has 4 aromatic rings. The first-order chi connectivity index (χ1) is 17.6. The number of nitrogens with zero attached hydrogens (tertiary/aromatic N) is 2. The number of hydrogen-bond acceptors (Lipinski definition) is 6. The molecule has 2 aromatic carbocycles. The number of aliphatic hydroxyl groups is 1. The lowest BCUT2D eigenvalue weighted by atomic mass is 9.93. The Morgan fingerprint density at radius 3 is 2.64 bits per heavy atom. The number of hydrogen-bond donors (Lipinski definition) is 3. The average molecular weight is 501 g/mol. The van der Waals surface area contributed by atoms with Crippen LogP contribution in [0.25, 0.3) is 10.2 Å². The molecule has 3 amide bonds. The van der Waals surface area contributed by atoms with E-state index in [4.69, 9.17) is 4.74 Å². The molecule has 6 rings (SSSR count). The third-order valence-electron chi connectivity index (χ3n) is 6.51. The average Bonchev–Trinajstić information content (AvgIpc) is 3.25. The monoisotopic (exact) mass is 500 g/mol. The van der Waals surface area contributed by atoms with Crippen molar-refractivity contribution in [2.45, 2.75) is 37.8 Å². The van der Waals surface area contributed by atoms with E-state index in [9.17, 15) is 14.7 Å². The first-order valence-electron chi connectivity index (χ1n) is 11.9. The Hall–Kier alpha value is -3.95. The summed E-state index contributed by atoms with van der Waals surface area (Å²) in [4.78, 5) is 33.6. The molecule has 2 aliphatic rings. The fraction of sp³-hybridized carbons (Fsp3) is 0.222. The lowest BCUT2D eigenvalue weighted by Gasteiger charge is -2.29. The number of rotatable bonds is 5. The maximum absolute atomic E-state index is 13.3. The summed E-state index contributed by atoms with van der Waals surface area (Å²) < 4.78 is 5.87. The molecule has 3 heterocycles. The molecule has 2 atom stereocenters. The van der Waals surface area contributed by atoms with E-state index in [1.54, 1.807) is 17.2 Å². The van der Waals surface area contributed by atoms with Crippen LogP contribution in [0.1, 0.15) is 35.4 Å². The highest BCUT2D eigenvalue weighted by Crippen LogP contribution is 2.46. The van der Waals surface area contributed by atoms with Gasteiger partial charge in [-0.15, -0.1) is 11.3 Å². The minimum Gasteiger partial charge on any atom is -0.457 e. The number of amides is 3. The van der Waals surface area contributed by atoms with Crippen LogP contribution in [0.15, 0.2) is 66.9 Å². The summed E-state index contributed by atoms with van der Waals surface area (Å²) in [7, 11) is 0. The van der Waals surface area contributed by atoms with E-state index >= 15 is 0 Å². The number of nitrogens with one attached hydrogen (secondary N) is 2. The molecule has 1 saturated carbocycles. The fourth-order valence-electron chi connectivity index (χ4n) is 4.83. The maximum atomic E-state index is 13.3. The van der Waals surface area contributed by atoms with Crippen molar-refractivity contribution in [3.8, 4) is 11.5 Å². The van der Waals surface area contributed by atoms with Crippen molar-refractivity contribution in [3.63, 3.8) is 0 Å². The summed E-state index contributed by atoms with van der Waals surface area (Å²) in [6.45, 7) is 0. The Morgan fingerprint density at radius 2 is 1.86 bits per heavy atom. The van der Waals surface area contributed by atoms with E-state index in [-0.39, 0.29) is 18.0 Å². The van der Waals surface area contributed by atoms with Gasteiger partial charge in [0.2, 0.25) is 0 Å². The second kappa shape index (κ2) is 9.25. The minimum atomic E-state index is -0.393. The third kappa shape index (κ3) is 4.16. The van der Waals surface area contributed by atoms with Crippen LogP contribution in [0.2, 0.25) is 0 Å². The molecular formula is C27H24N4O4S. The largest absolute Gasteiger partial charge is 0.457 e. The molecule has 0 radical (unpaired) electrons. The quantitative estimate of drug-likeness (QED) is 0.321. The Morgan fingerprint density at radius 1 is 1.08 bits per heavy atom. The van der Waals surface area contributed by atoms with Crippen LogP contribution in [0.4, 0.5) is 21.9 Å². The van der Waals surface area contributed by atoms with Crippen LogP contribution < -0.4 is 20.3 Å². The van der Waals surface area contributed by atoms with Gasteiger partial charge in [0.1, 0.15) is 21.2 Å². The zero-order valence-electron chi connectivity index (χ0n) is 19.3. The number of carbonyl (C=O) groups excluding carboxylic acids is 2. The standard InChI is InChI=1S/C27H24N4O4S/c32-18-6-4-5-16(15-18)29-25(33)24-23-22-21(13-14-28-26(22)36-24)31(27(34)30-23)17-9-11-20(12-10-17)35-19-7-2-1-3-8-19/h1-3,7-14,16,18,32H,4-6,15H2,(H,29,33)(H,30,34)/t16-,18?/m0/s1. The van der Waals surface area contributed by atoms with Gasteiger partial charge >= 0.3 is 6.03 Å². The van der Waals surface area contributed by atoms with E-state index in [1.807, 2.05) is 54.6 Å². The zero-order valence-corrected chi connectivity index (χ0v) is 20.1. The van der Waals surface area contributed by atoms with E-state index in [2.05, 4.69) is 15.6 Å². The van der Waals surface area contributed by atoms with Crippen molar-refractivity contribution in [1.29, 1.82) is 0 Å². The Kier molecular flexibility index (Phi) is 5.79. The topological polar surface area (TPSA) is 104 Å². The first kappa shape index (κ1) is 22.5. The highest BCUT2D eigenvalue weighted by atomic mass is 32.1. The molecule has 2 aromatic heterocycles. The van der Waals surface area contributed by atoms with Gasteiger partial charge in [0.15, 0.2) is 0 Å². The van der Waals surface area contributed by atoms with Crippen LogP contribution in [-0.4, -0.2) is 34.2 Å². The Labute approximate surface area is 211 Å². The smallest absolute Gasteiger partial charge is 0.331 e. The number of ether oxygens (including phenoxy) is 1. The number of para-hydroxylation sites is 1. The third-order valence-corrected chi connectivity index (χ3v) is 7.60. The van der Waals surface area contributed by atoms with Gasteiger partial charge in [0, 0.05) is 12.2 Å². The summed E-state index contributed by atoms with van der Waals surface area (Å²) in [6, 6.07) is 18.1. The predicted molar refractivity (Wildman–Crippen MR) is 139 cm³/mol. The first-order valence-corrected chi connectivity index (χ1v) is 12.7. The van der Waals surface area contributed by atoms with Crippen molar-refractivity contribution in [1.82, 2.24) is 10.3 Å². The Bertz CT molecular complexity index is 1440. The zero-order chi connectivity index (χ0) is 24.6. The van der Waals surface area contributed by atoms with Crippen LogP contribution >= 0.6 is 11.3 Å². The number of carbonyl (C=O) groups is 2. The van der Waals surface area contributed by atoms with E-state index < -0.39 is 6.10 Å². The maximum Gasteiger partial charge on any atom is 0.331 e. The molecule has 36 heavy (non-hydrogen) atoms. The van der Waals surface area contributed by atoms with Gasteiger partial charge in [-0.1, -0.05) is 18.2 Å². The molecule has 1 unspecified atom stereocenters. The van der Waals surface area contributed by atoms with E-state index in [0.717, 1.165) is 30.4 Å². The number of urea groups is 1. The van der Waals surface area contributed by atoms with Crippen molar-refractivity contribution in [2.24, 2.45) is 0 Å². The Balaban J connectivity index is 1.30. The number of benzene rings is 2.